The predicted molar refractivity (Wildman–Crippen MR) is 107 cm³/mol. The summed E-state index contributed by atoms with van der Waals surface area (Å²) in [6.45, 7) is 2.07. The van der Waals surface area contributed by atoms with E-state index in [4.69, 9.17) is 5.10 Å². The highest BCUT2D eigenvalue weighted by molar-refractivity contribution is 6.03. The minimum absolute atomic E-state index is 0.00417. The molecule has 3 aromatic rings. The summed E-state index contributed by atoms with van der Waals surface area (Å²) in [6.07, 6.45) is 0.746. The van der Waals surface area contributed by atoms with E-state index in [0.29, 0.717) is 0 Å². The molecular formula is C22H19N3O2. The summed E-state index contributed by atoms with van der Waals surface area (Å²) in [4.78, 5) is 10.6. The third kappa shape index (κ3) is 3.44. The van der Waals surface area contributed by atoms with Crippen LogP contribution in [0.3, 0.4) is 0 Å². The summed E-state index contributed by atoms with van der Waals surface area (Å²) in [5.74, 6) is 0. The van der Waals surface area contributed by atoms with Gasteiger partial charge in [-0.1, -0.05) is 60.2 Å². The van der Waals surface area contributed by atoms with Crippen LogP contribution in [-0.2, 0) is 0 Å². The Morgan fingerprint density at radius 3 is 2.26 bits per heavy atom. The fourth-order valence-corrected chi connectivity index (χ4v) is 3.33. The monoisotopic (exact) mass is 357 g/mol. The SMILES string of the molecule is Cc1ccc(C2=NN(c3ccccc3)[C@H](c3ccc([N+](=O)[O-])cc3)C2)cc1. The number of non-ortho nitro benzene ring substituents is 1. The molecule has 0 spiro atoms. The van der Waals surface area contributed by atoms with Gasteiger partial charge in [0.2, 0.25) is 0 Å². The van der Waals surface area contributed by atoms with Crippen LogP contribution in [0.15, 0.2) is 84.0 Å². The maximum absolute atomic E-state index is 11.0. The average molecular weight is 357 g/mol. The van der Waals surface area contributed by atoms with Crippen LogP contribution in [0.1, 0.15) is 29.2 Å². The van der Waals surface area contributed by atoms with Gasteiger partial charge in [0, 0.05) is 18.6 Å². The van der Waals surface area contributed by atoms with Crippen LogP contribution in [-0.4, -0.2) is 10.6 Å². The van der Waals surface area contributed by atoms with Crippen molar-refractivity contribution in [2.75, 3.05) is 5.01 Å². The third-order valence-electron chi connectivity index (χ3n) is 4.80. The van der Waals surface area contributed by atoms with Gasteiger partial charge in [0.1, 0.15) is 0 Å². The van der Waals surface area contributed by atoms with E-state index in [1.54, 1.807) is 12.1 Å². The number of hydrogen-bond donors (Lipinski definition) is 0. The standard InChI is InChI=1S/C22H19N3O2/c1-16-7-9-17(10-8-16)21-15-22(18-11-13-20(14-12-18)25(26)27)24(23-21)19-5-3-2-4-6-19/h2-14,22H,15H2,1H3/t22-/m0/s1. The van der Waals surface area contributed by atoms with Crippen LogP contribution in [0.25, 0.3) is 0 Å². The molecule has 27 heavy (non-hydrogen) atoms. The van der Waals surface area contributed by atoms with Gasteiger partial charge in [-0.2, -0.15) is 5.10 Å². The van der Waals surface area contributed by atoms with Crippen LogP contribution in [0, 0.1) is 17.0 Å². The molecule has 1 aliphatic heterocycles. The van der Waals surface area contributed by atoms with Crippen LogP contribution in [0.5, 0.6) is 0 Å². The van der Waals surface area contributed by atoms with Crippen molar-refractivity contribution in [3.63, 3.8) is 0 Å². The summed E-state index contributed by atoms with van der Waals surface area (Å²) in [6, 6.07) is 25.1. The molecule has 0 N–H and O–H groups in total. The van der Waals surface area contributed by atoms with E-state index in [9.17, 15) is 10.1 Å². The van der Waals surface area contributed by atoms with E-state index in [1.165, 1.54) is 5.56 Å². The summed E-state index contributed by atoms with van der Waals surface area (Å²) in [5.41, 5.74) is 5.44. The van der Waals surface area contributed by atoms with Gasteiger partial charge in [0.15, 0.2) is 0 Å². The zero-order chi connectivity index (χ0) is 18.8. The van der Waals surface area contributed by atoms with E-state index >= 15 is 0 Å². The third-order valence-corrected chi connectivity index (χ3v) is 4.80. The van der Waals surface area contributed by atoms with Crippen molar-refractivity contribution in [2.45, 2.75) is 19.4 Å². The first-order valence-electron chi connectivity index (χ1n) is 8.85. The maximum atomic E-state index is 11.0. The molecule has 1 heterocycles. The van der Waals surface area contributed by atoms with Gasteiger partial charge in [-0.3, -0.25) is 15.1 Å². The Hall–Kier alpha value is -3.47. The normalized spacial score (nSPS) is 16.3. The number of aryl methyl sites for hydroxylation is 1. The molecule has 0 aliphatic carbocycles. The maximum Gasteiger partial charge on any atom is 0.269 e. The quantitative estimate of drug-likeness (QED) is 0.473. The molecule has 134 valence electrons. The van der Waals surface area contributed by atoms with E-state index in [2.05, 4.69) is 31.2 Å². The Morgan fingerprint density at radius 2 is 1.63 bits per heavy atom. The van der Waals surface area contributed by atoms with Gasteiger partial charge in [-0.05, 0) is 30.2 Å². The second-order valence-corrected chi connectivity index (χ2v) is 6.66. The lowest BCUT2D eigenvalue weighted by atomic mass is 9.97. The van der Waals surface area contributed by atoms with Crippen LogP contribution in [0.2, 0.25) is 0 Å². The lowest BCUT2D eigenvalue weighted by Gasteiger charge is -2.23. The average Bonchev–Trinajstić information content (AvgIpc) is 3.15. The lowest BCUT2D eigenvalue weighted by Crippen LogP contribution is -2.18. The predicted octanol–water partition coefficient (Wildman–Crippen LogP) is 5.26. The number of anilines is 1. The van der Waals surface area contributed by atoms with E-state index in [1.807, 2.05) is 47.5 Å². The Balaban J connectivity index is 1.71. The molecule has 1 aliphatic rings. The van der Waals surface area contributed by atoms with Gasteiger partial charge >= 0.3 is 0 Å². The Morgan fingerprint density at radius 1 is 0.963 bits per heavy atom. The van der Waals surface area contributed by atoms with Crippen molar-refractivity contribution in [3.05, 3.63) is 106 Å². The minimum Gasteiger partial charge on any atom is -0.258 e. The molecule has 0 unspecified atom stereocenters. The van der Waals surface area contributed by atoms with E-state index in [0.717, 1.165) is 28.9 Å². The number of hydrogen-bond acceptors (Lipinski definition) is 4. The van der Waals surface area contributed by atoms with Crippen molar-refractivity contribution in [3.8, 4) is 0 Å². The van der Waals surface area contributed by atoms with Crippen molar-refractivity contribution in [1.82, 2.24) is 0 Å². The first-order valence-corrected chi connectivity index (χ1v) is 8.85. The Labute approximate surface area is 157 Å². The molecule has 5 nitrogen and oxygen atoms in total. The number of rotatable bonds is 4. The molecule has 3 aromatic carbocycles. The Kier molecular flexibility index (Phi) is 4.42. The van der Waals surface area contributed by atoms with Gasteiger partial charge in [-0.25, -0.2) is 0 Å². The van der Waals surface area contributed by atoms with Gasteiger partial charge in [0.05, 0.1) is 22.4 Å². The molecule has 1 atom stereocenters. The number of para-hydroxylation sites is 1. The van der Waals surface area contributed by atoms with Crippen LogP contribution < -0.4 is 5.01 Å². The number of nitro benzene ring substituents is 1. The second-order valence-electron chi connectivity index (χ2n) is 6.66. The van der Waals surface area contributed by atoms with Gasteiger partial charge in [0.25, 0.3) is 5.69 Å². The number of hydrazone groups is 1. The summed E-state index contributed by atoms with van der Waals surface area (Å²) < 4.78 is 0. The topological polar surface area (TPSA) is 58.7 Å². The first kappa shape index (κ1) is 17.0. The lowest BCUT2D eigenvalue weighted by molar-refractivity contribution is -0.384. The van der Waals surface area contributed by atoms with Crippen LogP contribution in [0.4, 0.5) is 11.4 Å². The summed E-state index contributed by atoms with van der Waals surface area (Å²) in [5, 5.41) is 17.9. The minimum atomic E-state index is -0.373. The summed E-state index contributed by atoms with van der Waals surface area (Å²) in [7, 11) is 0. The number of nitrogens with zero attached hydrogens (tertiary/aromatic N) is 3. The first-order chi connectivity index (χ1) is 13.1. The molecule has 4 rings (SSSR count). The molecule has 0 saturated heterocycles. The van der Waals surface area contributed by atoms with E-state index < -0.39 is 0 Å². The highest BCUT2D eigenvalue weighted by Gasteiger charge is 2.30. The van der Waals surface area contributed by atoms with Crippen molar-refractivity contribution >= 4 is 17.1 Å². The van der Waals surface area contributed by atoms with Crippen LogP contribution >= 0.6 is 0 Å². The number of benzene rings is 3. The second kappa shape index (κ2) is 7.03. The zero-order valence-electron chi connectivity index (χ0n) is 14.9. The Bertz CT molecular complexity index is 980. The fourth-order valence-electron chi connectivity index (χ4n) is 3.33. The highest BCUT2D eigenvalue weighted by Crippen LogP contribution is 2.37. The fraction of sp³-hybridized carbons (Fsp3) is 0.136. The van der Waals surface area contributed by atoms with Gasteiger partial charge in [-0.15, -0.1) is 0 Å². The smallest absolute Gasteiger partial charge is 0.258 e. The van der Waals surface area contributed by atoms with Crippen molar-refractivity contribution in [2.24, 2.45) is 5.10 Å². The molecule has 0 saturated carbocycles. The molecule has 0 bridgehead atoms. The molecule has 5 heteroatoms. The largest absolute Gasteiger partial charge is 0.269 e. The molecule has 0 radical (unpaired) electrons. The molecular weight excluding hydrogens is 338 g/mol. The zero-order valence-corrected chi connectivity index (χ0v) is 14.9. The highest BCUT2D eigenvalue weighted by atomic mass is 16.6. The molecule has 0 aromatic heterocycles. The van der Waals surface area contributed by atoms with E-state index in [-0.39, 0.29) is 16.7 Å². The molecule has 0 fully saturated rings. The van der Waals surface area contributed by atoms with Crippen molar-refractivity contribution in [1.29, 1.82) is 0 Å². The molecule has 0 amide bonds. The number of nitro groups is 1. The summed E-state index contributed by atoms with van der Waals surface area (Å²) >= 11 is 0. The van der Waals surface area contributed by atoms with Gasteiger partial charge < -0.3 is 0 Å². The van der Waals surface area contributed by atoms with Crippen molar-refractivity contribution < 1.29 is 4.92 Å².